The van der Waals surface area contributed by atoms with Crippen LogP contribution in [0.4, 0.5) is 5.69 Å². The molecule has 104 valence electrons. The number of hydrogen-bond donors (Lipinski definition) is 2. The molecule has 3 N–H and O–H groups in total. The maximum absolute atomic E-state index is 11.0. The number of benzene rings is 1. The number of nitrogens with two attached hydrogens (primary N) is 1. The van der Waals surface area contributed by atoms with Crippen molar-refractivity contribution in [3.05, 3.63) is 33.9 Å². The monoisotopic (exact) mass is 267 g/mol. The van der Waals surface area contributed by atoms with Gasteiger partial charge in [-0.1, -0.05) is 6.07 Å². The van der Waals surface area contributed by atoms with Crippen molar-refractivity contribution in [2.75, 3.05) is 0 Å². The Bertz CT molecular complexity index is 476. The lowest BCUT2D eigenvalue weighted by Gasteiger charge is -2.14. The predicted octanol–water partition coefficient (Wildman–Crippen LogP) is 1.44. The third-order valence-electron chi connectivity index (χ3n) is 2.58. The van der Waals surface area contributed by atoms with Crippen molar-refractivity contribution >= 4 is 11.6 Å². The Kier molecular flexibility index (Phi) is 5.25. The molecule has 0 bridgehead atoms. The number of nitro benzene ring substituents is 1. The summed E-state index contributed by atoms with van der Waals surface area (Å²) in [6.45, 7) is 3.57. The third kappa shape index (κ3) is 4.55. The highest BCUT2D eigenvalue weighted by molar-refractivity contribution is 5.75. The topological polar surface area (TPSA) is 107 Å². The summed E-state index contributed by atoms with van der Waals surface area (Å²) >= 11 is 0. The van der Waals surface area contributed by atoms with Crippen molar-refractivity contribution in [1.29, 1.82) is 0 Å². The smallest absolute Gasteiger partial charge is 0.310 e. The molecule has 1 atom stereocenters. The minimum absolute atomic E-state index is 0.0827. The fourth-order valence-electron chi connectivity index (χ4n) is 1.55. The standard InChI is InChI=1S/C12H17N3O4/c1-8-3-5-10(15(17)18)11(7-8)19-9(2)4-6-12(16)14-13/h3,5,7,9H,4,6,13H2,1-2H3,(H,14,16). The van der Waals surface area contributed by atoms with E-state index in [0.717, 1.165) is 5.56 Å². The van der Waals surface area contributed by atoms with Crippen molar-refractivity contribution in [3.63, 3.8) is 0 Å². The number of amides is 1. The highest BCUT2D eigenvalue weighted by Gasteiger charge is 2.17. The minimum Gasteiger partial charge on any atom is -0.484 e. The first-order valence-electron chi connectivity index (χ1n) is 5.85. The van der Waals surface area contributed by atoms with Gasteiger partial charge >= 0.3 is 5.69 Å². The van der Waals surface area contributed by atoms with E-state index in [0.29, 0.717) is 6.42 Å². The number of nitro groups is 1. The van der Waals surface area contributed by atoms with Gasteiger partial charge in [-0.3, -0.25) is 20.3 Å². The maximum atomic E-state index is 11.0. The summed E-state index contributed by atoms with van der Waals surface area (Å²) in [6.07, 6.45) is 0.309. The van der Waals surface area contributed by atoms with Crippen molar-refractivity contribution < 1.29 is 14.5 Å². The summed E-state index contributed by atoms with van der Waals surface area (Å²) in [6, 6.07) is 4.67. The Morgan fingerprint density at radius 3 is 2.84 bits per heavy atom. The number of ether oxygens (including phenoxy) is 1. The molecule has 1 unspecified atom stereocenters. The van der Waals surface area contributed by atoms with Crippen molar-refractivity contribution in [2.45, 2.75) is 32.8 Å². The van der Waals surface area contributed by atoms with Crippen molar-refractivity contribution in [1.82, 2.24) is 5.43 Å². The molecule has 0 radical (unpaired) electrons. The molecule has 1 aromatic rings. The predicted molar refractivity (Wildman–Crippen MR) is 69.5 cm³/mol. The number of carbonyl (C=O) groups excluding carboxylic acids is 1. The highest BCUT2D eigenvalue weighted by Crippen LogP contribution is 2.29. The summed E-state index contributed by atoms with van der Waals surface area (Å²) in [5.74, 6) is 4.88. The normalized spacial score (nSPS) is 11.7. The van der Waals surface area contributed by atoms with Crippen LogP contribution in [-0.4, -0.2) is 16.9 Å². The molecule has 0 aliphatic carbocycles. The van der Waals surface area contributed by atoms with Gasteiger partial charge in [0.25, 0.3) is 0 Å². The van der Waals surface area contributed by atoms with Crippen molar-refractivity contribution in [2.24, 2.45) is 5.84 Å². The van der Waals surface area contributed by atoms with Crippen LogP contribution in [-0.2, 0) is 4.79 Å². The average molecular weight is 267 g/mol. The van der Waals surface area contributed by atoms with Gasteiger partial charge in [0.05, 0.1) is 11.0 Å². The Morgan fingerprint density at radius 2 is 2.26 bits per heavy atom. The molecule has 0 saturated heterocycles. The van der Waals surface area contributed by atoms with Gasteiger partial charge in [-0.25, -0.2) is 5.84 Å². The molecule has 1 rings (SSSR count). The fraction of sp³-hybridized carbons (Fsp3) is 0.417. The lowest BCUT2D eigenvalue weighted by Crippen LogP contribution is -2.30. The second-order valence-corrected chi connectivity index (χ2v) is 4.26. The SMILES string of the molecule is Cc1ccc([N+](=O)[O-])c(OC(C)CCC(=O)NN)c1. The van der Waals surface area contributed by atoms with Gasteiger partial charge in [-0.05, 0) is 31.9 Å². The number of aryl methyl sites for hydroxylation is 1. The first-order chi connectivity index (χ1) is 8.93. The van der Waals surface area contributed by atoms with Gasteiger partial charge in [0.1, 0.15) is 0 Å². The second-order valence-electron chi connectivity index (χ2n) is 4.26. The first-order valence-corrected chi connectivity index (χ1v) is 5.85. The van der Waals surface area contributed by atoms with E-state index in [4.69, 9.17) is 10.6 Å². The molecule has 7 heteroatoms. The molecule has 0 fully saturated rings. The zero-order chi connectivity index (χ0) is 14.4. The average Bonchev–Trinajstić information content (AvgIpc) is 2.35. The number of nitrogens with zero attached hydrogens (tertiary/aromatic N) is 1. The summed E-state index contributed by atoms with van der Waals surface area (Å²) in [4.78, 5) is 21.4. The molecule has 0 heterocycles. The Hall–Kier alpha value is -2.15. The van der Waals surface area contributed by atoms with Crippen LogP contribution in [0, 0.1) is 17.0 Å². The van der Waals surface area contributed by atoms with Crippen LogP contribution in [0.1, 0.15) is 25.3 Å². The van der Waals surface area contributed by atoms with Crippen LogP contribution in [0.2, 0.25) is 0 Å². The van der Waals surface area contributed by atoms with Gasteiger partial charge < -0.3 is 4.74 Å². The molecule has 0 aromatic heterocycles. The van der Waals surface area contributed by atoms with E-state index in [1.165, 1.54) is 6.07 Å². The molecule has 0 aliphatic heterocycles. The van der Waals surface area contributed by atoms with E-state index in [1.54, 1.807) is 19.1 Å². The van der Waals surface area contributed by atoms with Crippen LogP contribution in [0.25, 0.3) is 0 Å². The van der Waals surface area contributed by atoms with Gasteiger partial charge in [-0.2, -0.15) is 0 Å². The van der Waals surface area contributed by atoms with E-state index in [-0.39, 0.29) is 29.9 Å². The van der Waals surface area contributed by atoms with E-state index in [1.807, 2.05) is 12.3 Å². The quantitative estimate of drug-likeness (QED) is 0.351. The van der Waals surface area contributed by atoms with Gasteiger partial charge in [0, 0.05) is 12.5 Å². The maximum Gasteiger partial charge on any atom is 0.310 e. The Morgan fingerprint density at radius 1 is 1.58 bits per heavy atom. The van der Waals surface area contributed by atoms with E-state index < -0.39 is 4.92 Å². The largest absolute Gasteiger partial charge is 0.484 e. The molecule has 19 heavy (non-hydrogen) atoms. The lowest BCUT2D eigenvalue weighted by molar-refractivity contribution is -0.386. The summed E-state index contributed by atoms with van der Waals surface area (Å²) in [5, 5.41) is 10.9. The lowest BCUT2D eigenvalue weighted by atomic mass is 10.2. The van der Waals surface area contributed by atoms with Crippen LogP contribution >= 0.6 is 0 Å². The fourth-order valence-corrected chi connectivity index (χ4v) is 1.55. The summed E-state index contributed by atoms with van der Waals surface area (Å²) in [5.41, 5.74) is 2.81. The van der Waals surface area contributed by atoms with Crippen molar-refractivity contribution in [3.8, 4) is 5.75 Å². The third-order valence-corrected chi connectivity index (χ3v) is 2.58. The first kappa shape index (κ1) is 14.9. The molecule has 0 saturated carbocycles. The van der Waals surface area contributed by atoms with Crippen LogP contribution in [0.3, 0.4) is 0 Å². The van der Waals surface area contributed by atoms with E-state index in [2.05, 4.69) is 0 Å². The second kappa shape index (κ2) is 6.69. The highest BCUT2D eigenvalue weighted by atomic mass is 16.6. The van der Waals surface area contributed by atoms with E-state index in [9.17, 15) is 14.9 Å². The zero-order valence-electron chi connectivity index (χ0n) is 10.9. The molecule has 1 amide bonds. The van der Waals surface area contributed by atoms with Crippen LogP contribution in [0.15, 0.2) is 18.2 Å². The number of carbonyl (C=O) groups is 1. The van der Waals surface area contributed by atoms with Crippen LogP contribution in [0.5, 0.6) is 5.75 Å². The number of hydrogen-bond acceptors (Lipinski definition) is 5. The van der Waals surface area contributed by atoms with E-state index >= 15 is 0 Å². The number of rotatable bonds is 6. The number of hydrazine groups is 1. The summed E-state index contributed by atoms with van der Waals surface area (Å²) in [7, 11) is 0. The molecule has 7 nitrogen and oxygen atoms in total. The molecule has 1 aromatic carbocycles. The van der Waals surface area contributed by atoms with Gasteiger partial charge in [0.15, 0.2) is 5.75 Å². The molecular weight excluding hydrogens is 250 g/mol. The molecule has 0 aliphatic rings. The number of nitrogens with one attached hydrogen (secondary N) is 1. The molecule has 0 spiro atoms. The van der Waals surface area contributed by atoms with Crippen LogP contribution < -0.4 is 16.0 Å². The zero-order valence-corrected chi connectivity index (χ0v) is 10.9. The van der Waals surface area contributed by atoms with Gasteiger partial charge in [-0.15, -0.1) is 0 Å². The Balaban J connectivity index is 2.72. The summed E-state index contributed by atoms with van der Waals surface area (Å²) < 4.78 is 5.52. The Labute approximate surface area is 110 Å². The minimum atomic E-state index is -0.492. The molecular formula is C12H17N3O4. The van der Waals surface area contributed by atoms with Gasteiger partial charge in [0.2, 0.25) is 5.91 Å².